The van der Waals surface area contributed by atoms with Crippen molar-refractivity contribution < 1.29 is 8.42 Å². The molecule has 98 valence electrons. The van der Waals surface area contributed by atoms with Crippen LogP contribution in [0.4, 0.5) is 5.69 Å². The molecule has 3 N–H and O–H groups in total. The monoisotopic (exact) mass is 330 g/mol. The number of allylic oxidation sites excluding steroid dienone is 1. The summed E-state index contributed by atoms with van der Waals surface area (Å²) in [5, 5.41) is 0. The molecule has 0 saturated carbocycles. The van der Waals surface area contributed by atoms with Gasteiger partial charge in [0.25, 0.3) is 0 Å². The highest BCUT2D eigenvalue weighted by Crippen LogP contribution is 2.23. The van der Waals surface area contributed by atoms with Gasteiger partial charge in [-0.3, -0.25) is 0 Å². The number of nitrogens with two attached hydrogens (primary N) is 1. The highest BCUT2D eigenvalue weighted by Gasteiger charge is 2.22. The third kappa shape index (κ3) is 3.13. The molecule has 1 atom stereocenters. The number of hydrogen-bond donors (Lipinski definition) is 2. The SMILES string of the molecule is Nc1cc(Br)ccc1S(=O)(=O)NC1CC=CCC1. The first kappa shape index (κ1) is 13.6. The molecule has 6 heteroatoms. The highest BCUT2D eigenvalue weighted by molar-refractivity contribution is 9.10. The second kappa shape index (κ2) is 5.42. The van der Waals surface area contributed by atoms with E-state index in [2.05, 4.69) is 26.7 Å². The van der Waals surface area contributed by atoms with Gasteiger partial charge >= 0.3 is 0 Å². The molecule has 1 aromatic carbocycles. The molecule has 18 heavy (non-hydrogen) atoms. The molecule has 0 heterocycles. The van der Waals surface area contributed by atoms with Crippen LogP contribution in [0.25, 0.3) is 0 Å². The van der Waals surface area contributed by atoms with E-state index in [1.54, 1.807) is 12.1 Å². The van der Waals surface area contributed by atoms with Crippen LogP contribution in [0.15, 0.2) is 39.7 Å². The third-order valence-corrected chi connectivity index (χ3v) is 4.94. The third-order valence-electron chi connectivity index (χ3n) is 2.85. The Balaban J connectivity index is 2.22. The fraction of sp³-hybridized carbons (Fsp3) is 0.333. The van der Waals surface area contributed by atoms with Crippen molar-refractivity contribution in [3.05, 3.63) is 34.8 Å². The van der Waals surface area contributed by atoms with Gasteiger partial charge in [-0.15, -0.1) is 0 Å². The molecule has 0 fully saturated rings. The topological polar surface area (TPSA) is 72.2 Å². The van der Waals surface area contributed by atoms with Crippen LogP contribution in [0, 0.1) is 0 Å². The van der Waals surface area contributed by atoms with E-state index in [4.69, 9.17) is 5.73 Å². The van der Waals surface area contributed by atoms with Gasteiger partial charge in [0.1, 0.15) is 4.90 Å². The number of halogens is 1. The Hall–Kier alpha value is -0.850. The van der Waals surface area contributed by atoms with E-state index in [9.17, 15) is 8.42 Å². The Kier molecular flexibility index (Phi) is 4.09. The number of anilines is 1. The first-order chi connectivity index (χ1) is 8.49. The zero-order valence-electron chi connectivity index (χ0n) is 9.77. The molecule has 1 aromatic rings. The molecular formula is C12H15BrN2O2S. The minimum absolute atomic E-state index is 0.0388. The van der Waals surface area contributed by atoms with Gasteiger partial charge < -0.3 is 5.73 Å². The van der Waals surface area contributed by atoms with Gasteiger partial charge in [0.05, 0.1) is 5.69 Å². The van der Waals surface area contributed by atoms with Crippen molar-refractivity contribution in [2.75, 3.05) is 5.73 Å². The summed E-state index contributed by atoms with van der Waals surface area (Å²) in [7, 11) is -3.54. The standard InChI is InChI=1S/C12H15BrN2O2S/c13-9-6-7-12(11(14)8-9)18(16,17)15-10-4-2-1-3-5-10/h1-2,6-8,10,15H,3-5,14H2. The maximum absolute atomic E-state index is 12.2. The summed E-state index contributed by atoms with van der Waals surface area (Å²) in [4.78, 5) is 0.139. The van der Waals surface area contributed by atoms with Crippen molar-refractivity contribution in [2.45, 2.75) is 30.2 Å². The molecule has 0 amide bonds. The lowest BCUT2D eigenvalue weighted by atomic mass is 10.0. The first-order valence-electron chi connectivity index (χ1n) is 5.71. The minimum atomic E-state index is -3.54. The second-order valence-electron chi connectivity index (χ2n) is 4.28. The smallest absolute Gasteiger partial charge is 0.242 e. The summed E-state index contributed by atoms with van der Waals surface area (Å²) in [6.07, 6.45) is 6.53. The molecule has 2 rings (SSSR count). The van der Waals surface area contributed by atoms with Crippen LogP contribution >= 0.6 is 15.9 Å². The van der Waals surface area contributed by atoms with Crippen molar-refractivity contribution in [3.8, 4) is 0 Å². The fourth-order valence-corrected chi connectivity index (χ4v) is 3.72. The largest absolute Gasteiger partial charge is 0.398 e. The lowest BCUT2D eigenvalue weighted by molar-refractivity contribution is 0.522. The number of nitrogen functional groups attached to an aromatic ring is 1. The van der Waals surface area contributed by atoms with Gasteiger partial charge in [-0.25, -0.2) is 13.1 Å². The van der Waals surface area contributed by atoms with Gasteiger partial charge in [-0.1, -0.05) is 28.1 Å². The molecule has 0 saturated heterocycles. The Morgan fingerprint density at radius 2 is 2.11 bits per heavy atom. The molecule has 0 spiro atoms. The normalized spacial score (nSPS) is 19.9. The zero-order valence-corrected chi connectivity index (χ0v) is 12.2. The van der Waals surface area contributed by atoms with Crippen molar-refractivity contribution in [2.24, 2.45) is 0 Å². The molecular weight excluding hydrogens is 316 g/mol. The van der Waals surface area contributed by atoms with Crippen LogP contribution in [0.1, 0.15) is 19.3 Å². The van der Waals surface area contributed by atoms with Gasteiger partial charge in [-0.05, 0) is 37.5 Å². The Labute approximate surface area is 115 Å². The van der Waals surface area contributed by atoms with Gasteiger partial charge in [0.2, 0.25) is 10.0 Å². The van der Waals surface area contributed by atoms with Crippen LogP contribution in [0.2, 0.25) is 0 Å². The molecule has 1 unspecified atom stereocenters. The van der Waals surface area contributed by atoms with Crippen molar-refractivity contribution >= 4 is 31.6 Å². The quantitative estimate of drug-likeness (QED) is 0.660. The van der Waals surface area contributed by atoms with E-state index >= 15 is 0 Å². The average Bonchev–Trinajstić information content (AvgIpc) is 2.29. The van der Waals surface area contributed by atoms with Gasteiger partial charge in [-0.2, -0.15) is 0 Å². The molecule has 1 aliphatic carbocycles. The van der Waals surface area contributed by atoms with E-state index in [-0.39, 0.29) is 16.6 Å². The lowest BCUT2D eigenvalue weighted by Crippen LogP contribution is -2.35. The molecule has 0 aliphatic heterocycles. The van der Waals surface area contributed by atoms with E-state index in [1.807, 2.05) is 6.08 Å². The lowest BCUT2D eigenvalue weighted by Gasteiger charge is -2.19. The number of nitrogens with one attached hydrogen (secondary N) is 1. The molecule has 4 nitrogen and oxygen atoms in total. The van der Waals surface area contributed by atoms with Crippen LogP contribution in [-0.4, -0.2) is 14.5 Å². The van der Waals surface area contributed by atoms with E-state index in [1.165, 1.54) is 6.07 Å². The predicted octanol–water partition coefficient (Wildman–Crippen LogP) is 2.42. The number of hydrogen-bond acceptors (Lipinski definition) is 3. The molecule has 1 aliphatic rings. The number of benzene rings is 1. The number of rotatable bonds is 3. The van der Waals surface area contributed by atoms with Crippen LogP contribution in [0.3, 0.4) is 0 Å². The van der Waals surface area contributed by atoms with Gasteiger partial charge in [0.15, 0.2) is 0 Å². The first-order valence-corrected chi connectivity index (χ1v) is 7.99. The highest BCUT2D eigenvalue weighted by atomic mass is 79.9. The minimum Gasteiger partial charge on any atom is -0.398 e. The van der Waals surface area contributed by atoms with Crippen LogP contribution in [-0.2, 0) is 10.0 Å². The van der Waals surface area contributed by atoms with Crippen molar-refractivity contribution in [3.63, 3.8) is 0 Å². The zero-order chi connectivity index (χ0) is 13.2. The maximum atomic E-state index is 12.2. The van der Waals surface area contributed by atoms with Crippen molar-refractivity contribution in [1.29, 1.82) is 0 Å². The van der Waals surface area contributed by atoms with Crippen LogP contribution < -0.4 is 10.5 Å². The molecule has 0 bridgehead atoms. The average molecular weight is 331 g/mol. The van der Waals surface area contributed by atoms with Crippen molar-refractivity contribution in [1.82, 2.24) is 4.72 Å². The Morgan fingerprint density at radius 1 is 1.33 bits per heavy atom. The molecule has 0 aromatic heterocycles. The summed E-state index contributed by atoms with van der Waals surface area (Å²) >= 11 is 3.26. The molecule has 0 radical (unpaired) electrons. The van der Waals surface area contributed by atoms with E-state index < -0.39 is 10.0 Å². The van der Waals surface area contributed by atoms with E-state index in [0.717, 1.165) is 23.7 Å². The number of sulfonamides is 1. The second-order valence-corrected chi connectivity index (χ2v) is 6.88. The summed E-state index contributed by atoms with van der Waals surface area (Å²) in [6, 6.07) is 4.74. The predicted molar refractivity (Wildman–Crippen MR) is 75.7 cm³/mol. The van der Waals surface area contributed by atoms with E-state index in [0.29, 0.717) is 0 Å². The van der Waals surface area contributed by atoms with Crippen LogP contribution in [0.5, 0.6) is 0 Å². The summed E-state index contributed by atoms with van der Waals surface area (Å²) < 4.78 is 27.9. The Morgan fingerprint density at radius 3 is 2.72 bits per heavy atom. The summed E-state index contributed by atoms with van der Waals surface area (Å²) in [5.41, 5.74) is 6.00. The maximum Gasteiger partial charge on any atom is 0.242 e. The fourth-order valence-electron chi connectivity index (χ4n) is 1.95. The summed E-state index contributed by atoms with van der Waals surface area (Å²) in [5.74, 6) is 0. The summed E-state index contributed by atoms with van der Waals surface area (Å²) in [6.45, 7) is 0. The Bertz CT molecular complexity index is 569. The van der Waals surface area contributed by atoms with Gasteiger partial charge in [0, 0.05) is 10.5 Å².